The lowest BCUT2D eigenvalue weighted by Crippen LogP contribution is -2.41. The van der Waals surface area contributed by atoms with Crippen LogP contribution < -0.4 is 10.6 Å². The van der Waals surface area contributed by atoms with Crippen molar-refractivity contribution in [1.82, 2.24) is 24.6 Å². The minimum absolute atomic E-state index is 0.136. The summed E-state index contributed by atoms with van der Waals surface area (Å²) in [5.74, 6) is 8.85. The fourth-order valence-corrected chi connectivity index (χ4v) is 5.68. The van der Waals surface area contributed by atoms with Gasteiger partial charge in [-0.2, -0.15) is 0 Å². The van der Waals surface area contributed by atoms with Crippen LogP contribution in [0.4, 0.5) is 19.0 Å². The van der Waals surface area contributed by atoms with Crippen LogP contribution in [0.15, 0.2) is 35.4 Å². The minimum atomic E-state index is -2.89. The summed E-state index contributed by atoms with van der Waals surface area (Å²) in [6, 6.07) is 5.33. The van der Waals surface area contributed by atoms with Crippen molar-refractivity contribution in [2.24, 2.45) is 0 Å². The molecule has 10 heteroatoms. The highest BCUT2D eigenvalue weighted by atomic mass is 32.2. The molecule has 0 spiro atoms. The molecule has 33 heavy (non-hydrogen) atoms. The summed E-state index contributed by atoms with van der Waals surface area (Å²) in [6.07, 6.45) is -1.13. The monoisotopic (exact) mass is 476 g/mol. The largest absolute Gasteiger partial charge is 0.363 e. The molecular weight excluding hydrogens is 449 g/mol. The highest BCUT2D eigenvalue weighted by Crippen LogP contribution is 2.38. The number of nitrogens with one attached hydrogen (secondary N) is 2. The summed E-state index contributed by atoms with van der Waals surface area (Å²) in [4.78, 5) is 14.3. The van der Waals surface area contributed by atoms with Gasteiger partial charge >= 0.3 is 0 Å². The summed E-state index contributed by atoms with van der Waals surface area (Å²) in [5, 5.41) is 7.15. The Bertz CT molecular complexity index is 1270. The molecule has 0 radical (unpaired) electrons. The van der Waals surface area contributed by atoms with Crippen molar-refractivity contribution >= 4 is 38.0 Å². The zero-order valence-corrected chi connectivity index (χ0v) is 19.4. The van der Waals surface area contributed by atoms with E-state index in [9.17, 15) is 13.2 Å². The van der Waals surface area contributed by atoms with E-state index in [0.29, 0.717) is 22.7 Å². The second-order valence-corrected chi connectivity index (χ2v) is 10.8. The molecule has 4 rings (SSSR count). The van der Waals surface area contributed by atoms with Crippen LogP contribution in [0.25, 0.3) is 11.0 Å². The van der Waals surface area contributed by atoms with Crippen molar-refractivity contribution in [3.05, 3.63) is 53.2 Å². The third-order valence-electron chi connectivity index (χ3n) is 5.76. The molecule has 1 saturated heterocycles. The molecule has 0 saturated carbocycles. The Hall–Kier alpha value is -2.69. The van der Waals surface area contributed by atoms with E-state index in [4.69, 9.17) is 0 Å². The molecule has 176 valence electrons. The van der Waals surface area contributed by atoms with Crippen molar-refractivity contribution < 1.29 is 13.2 Å². The maximum absolute atomic E-state index is 14.7. The zero-order valence-electron chi connectivity index (χ0n) is 18.6. The van der Waals surface area contributed by atoms with E-state index >= 15 is 0 Å². The second kappa shape index (κ2) is 9.28. The van der Waals surface area contributed by atoms with Crippen LogP contribution in [0, 0.1) is 12.7 Å². The lowest BCUT2D eigenvalue weighted by molar-refractivity contribution is 0.146. The Morgan fingerprint density at radius 3 is 2.55 bits per heavy atom. The summed E-state index contributed by atoms with van der Waals surface area (Å²) < 4.78 is 43.3. The van der Waals surface area contributed by atoms with Crippen LogP contribution >= 0.6 is 9.39 Å². The van der Waals surface area contributed by atoms with E-state index in [2.05, 4.69) is 41.6 Å². The van der Waals surface area contributed by atoms with Gasteiger partial charge in [-0.15, -0.1) is 9.39 Å². The fourth-order valence-electron chi connectivity index (χ4n) is 3.92. The maximum atomic E-state index is 14.7. The number of hydrogen-bond donors (Lipinski definition) is 2. The van der Waals surface area contributed by atoms with Gasteiger partial charge in [0.25, 0.3) is 6.43 Å². The Morgan fingerprint density at radius 1 is 1.15 bits per heavy atom. The first-order valence-electron chi connectivity index (χ1n) is 10.6. The molecule has 1 aliphatic heterocycles. The number of fused-ring (bicyclic) bond motifs is 1. The number of rotatable bonds is 6. The molecule has 0 aliphatic carbocycles. The van der Waals surface area contributed by atoms with E-state index in [1.165, 1.54) is 12.1 Å². The molecule has 3 aromatic rings. The minimum Gasteiger partial charge on any atom is -0.363 e. The Kier molecular flexibility index (Phi) is 6.60. The molecule has 6 nitrogen and oxygen atoms in total. The number of nitrogens with zero attached hydrogens (tertiary/aromatic N) is 4. The molecule has 1 fully saturated rings. The Labute approximate surface area is 191 Å². The normalized spacial score (nSPS) is 16.3. The van der Waals surface area contributed by atoms with Gasteiger partial charge in [0.1, 0.15) is 17.5 Å². The van der Waals surface area contributed by atoms with E-state index in [1.807, 2.05) is 6.07 Å². The number of aromatic nitrogens is 3. The van der Waals surface area contributed by atoms with Gasteiger partial charge in [-0.05, 0) is 19.9 Å². The predicted octanol–water partition coefficient (Wildman–Crippen LogP) is 4.43. The highest BCUT2D eigenvalue weighted by molar-refractivity contribution is 8.25. The number of anilines is 1. The Morgan fingerprint density at radius 2 is 1.85 bits per heavy atom. The predicted molar refractivity (Wildman–Crippen MR) is 130 cm³/mol. The van der Waals surface area contributed by atoms with Crippen LogP contribution in [-0.4, -0.2) is 57.2 Å². The van der Waals surface area contributed by atoms with Crippen molar-refractivity contribution in [2.45, 2.75) is 31.2 Å². The van der Waals surface area contributed by atoms with Crippen LogP contribution in [0.1, 0.15) is 36.3 Å². The summed E-state index contributed by atoms with van der Waals surface area (Å²) in [7, 11) is -1.78. The first-order valence-corrected chi connectivity index (χ1v) is 12.5. The SMILES string of the molecule is C=S(=C)(c1cnc2nc(C)nc(N[C@H](C)c3cccc(C(F)F)c3F)c2c1)N1CCNCC1. The number of pyridine rings is 1. The van der Waals surface area contributed by atoms with Crippen LogP contribution in [0.2, 0.25) is 0 Å². The van der Waals surface area contributed by atoms with Gasteiger partial charge in [0.2, 0.25) is 0 Å². The standard InChI is InChI=1S/C23H27F3N6S/c1-14(17-6-5-7-18(20(17)24)21(25)26)29-23-19-12-16(13-28-22(19)30-15(2)31-23)33(3,4)32-10-8-27-9-11-32/h5-7,12-14,21,27H,3-4,8-11H2,1-2H3,(H,28,29,30,31)/t14-/m1/s1. The summed E-state index contributed by atoms with van der Waals surface area (Å²) >= 11 is 0. The number of benzene rings is 1. The van der Waals surface area contributed by atoms with Crippen molar-refractivity contribution in [1.29, 1.82) is 0 Å². The number of piperazine rings is 1. The molecule has 0 bridgehead atoms. The number of hydrogen-bond acceptors (Lipinski definition) is 6. The number of aryl methyl sites for hydroxylation is 1. The first kappa shape index (κ1) is 23.5. The van der Waals surface area contributed by atoms with Gasteiger partial charge in [0.05, 0.1) is 17.0 Å². The second-order valence-electron chi connectivity index (χ2n) is 8.10. The van der Waals surface area contributed by atoms with Gasteiger partial charge in [0, 0.05) is 42.8 Å². The lowest BCUT2D eigenvalue weighted by Gasteiger charge is -2.34. The van der Waals surface area contributed by atoms with Crippen LogP contribution in [0.5, 0.6) is 0 Å². The molecule has 1 aromatic carbocycles. The van der Waals surface area contributed by atoms with E-state index < -0.39 is 33.2 Å². The quantitative estimate of drug-likeness (QED) is 0.513. The van der Waals surface area contributed by atoms with E-state index in [-0.39, 0.29) is 5.56 Å². The molecule has 1 aliphatic rings. The molecule has 0 amide bonds. The van der Waals surface area contributed by atoms with Gasteiger partial charge in [0.15, 0.2) is 5.65 Å². The Balaban J connectivity index is 1.73. The third kappa shape index (κ3) is 4.68. The fraction of sp³-hybridized carbons (Fsp3) is 0.348. The topological polar surface area (TPSA) is 66.0 Å². The average molecular weight is 477 g/mol. The van der Waals surface area contributed by atoms with Crippen molar-refractivity contribution in [2.75, 3.05) is 31.5 Å². The zero-order chi connectivity index (χ0) is 23.8. The molecule has 0 unspecified atom stereocenters. The molecular formula is C23H27F3N6S. The van der Waals surface area contributed by atoms with Crippen LogP contribution in [-0.2, 0) is 0 Å². The van der Waals surface area contributed by atoms with Crippen molar-refractivity contribution in [3.63, 3.8) is 0 Å². The summed E-state index contributed by atoms with van der Waals surface area (Å²) in [6.45, 7) is 6.86. The lowest BCUT2D eigenvalue weighted by atomic mass is 10.0. The van der Waals surface area contributed by atoms with Gasteiger partial charge < -0.3 is 10.6 Å². The smallest absolute Gasteiger partial charge is 0.266 e. The van der Waals surface area contributed by atoms with E-state index in [1.54, 1.807) is 20.0 Å². The molecule has 3 heterocycles. The average Bonchev–Trinajstić information content (AvgIpc) is 2.79. The van der Waals surface area contributed by atoms with Gasteiger partial charge in [-0.3, -0.25) is 4.31 Å². The molecule has 1 atom stereocenters. The molecule has 2 N–H and O–H groups in total. The van der Waals surface area contributed by atoms with Crippen molar-refractivity contribution in [3.8, 4) is 0 Å². The maximum Gasteiger partial charge on any atom is 0.266 e. The first-order chi connectivity index (χ1) is 15.7. The number of alkyl halides is 2. The molecule has 2 aromatic heterocycles. The summed E-state index contributed by atoms with van der Waals surface area (Å²) in [5.41, 5.74) is 0.00190. The number of halogens is 3. The van der Waals surface area contributed by atoms with Crippen LogP contribution in [0.3, 0.4) is 0 Å². The van der Waals surface area contributed by atoms with Gasteiger partial charge in [-0.1, -0.05) is 29.9 Å². The highest BCUT2D eigenvalue weighted by Gasteiger charge is 2.21. The van der Waals surface area contributed by atoms with Gasteiger partial charge in [-0.25, -0.2) is 28.1 Å². The van der Waals surface area contributed by atoms with E-state index in [0.717, 1.165) is 37.1 Å². The third-order valence-corrected chi connectivity index (χ3v) is 8.21.